The van der Waals surface area contributed by atoms with Gasteiger partial charge < -0.3 is 19.3 Å². The summed E-state index contributed by atoms with van der Waals surface area (Å²) in [6, 6.07) is 0. The predicted octanol–water partition coefficient (Wildman–Crippen LogP) is 1.14. The van der Waals surface area contributed by atoms with Gasteiger partial charge in [-0.15, -0.1) is 0 Å². The molecule has 0 aromatic rings. The Morgan fingerprint density at radius 1 is 1.46 bits per heavy atom. The van der Waals surface area contributed by atoms with E-state index in [1.165, 1.54) is 19.1 Å². The fraction of sp³-hybridized carbons (Fsp3) is 0.421. The third-order valence-corrected chi connectivity index (χ3v) is 4.83. The fourth-order valence-electron chi connectivity index (χ4n) is 3.35. The Hall–Kier alpha value is -2.67. The van der Waals surface area contributed by atoms with Crippen molar-refractivity contribution in [3.05, 3.63) is 47.8 Å². The first-order chi connectivity index (χ1) is 12.2. The SMILES string of the molecule is C=C(C)C(=O)OC1C[C@@]2(C)OC(=CC2=O)/C(CO)=C\[C@@H]2OC(=O)C(=C)C12. The van der Waals surface area contributed by atoms with Crippen LogP contribution in [0.5, 0.6) is 0 Å². The number of hydrogen-bond donors (Lipinski definition) is 1. The van der Waals surface area contributed by atoms with Gasteiger partial charge >= 0.3 is 11.9 Å². The molecule has 1 fully saturated rings. The summed E-state index contributed by atoms with van der Waals surface area (Å²) in [5.41, 5.74) is -0.631. The van der Waals surface area contributed by atoms with Gasteiger partial charge in [-0.3, -0.25) is 4.79 Å². The van der Waals surface area contributed by atoms with Crippen molar-refractivity contribution < 1.29 is 33.7 Å². The Morgan fingerprint density at radius 3 is 2.77 bits per heavy atom. The predicted molar refractivity (Wildman–Crippen MR) is 89.6 cm³/mol. The molecule has 2 bridgehead atoms. The number of esters is 2. The second-order valence-corrected chi connectivity index (χ2v) is 6.90. The van der Waals surface area contributed by atoms with Crippen molar-refractivity contribution in [1.82, 2.24) is 0 Å². The fourth-order valence-corrected chi connectivity index (χ4v) is 3.35. The molecule has 3 rings (SSSR count). The average molecular weight is 360 g/mol. The van der Waals surface area contributed by atoms with E-state index in [1.54, 1.807) is 6.92 Å². The molecule has 7 nitrogen and oxygen atoms in total. The van der Waals surface area contributed by atoms with Crippen molar-refractivity contribution in [3.8, 4) is 0 Å². The van der Waals surface area contributed by atoms with Crippen LogP contribution in [0.1, 0.15) is 20.3 Å². The Bertz CT molecular complexity index is 788. The number of hydrogen-bond acceptors (Lipinski definition) is 7. The van der Waals surface area contributed by atoms with Crippen LogP contribution < -0.4 is 0 Å². The molecule has 4 atom stereocenters. The van der Waals surface area contributed by atoms with Gasteiger partial charge in [0.2, 0.25) is 5.78 Å². The second-order valence-electron chi connectivity index (χ2n) is 6.90. The van der Waals surface area contributed by atoms with E-state index in [0.717, 1.165) is 0 Å². The molecule has 3 aliphatic rings. The van der Waals surface area contributed by atoms with Crippen molar-refractivity contribution in [2.24, 2.45) is 5.92 Å². The van der Waals surface area contributed by atoms with Crippen molar-refractivity contribution in [1.29, 1.82) is 0 Å². The molecule has 0 amide bonds. The van der Waals surface area contributed by atoms with Crippen LogP contribution >= 0.6 is 0 Å². The summed E-state index contributed by atoms with van der Waals surface area (Å²) in [7, 11) is 0. The normalized spacial score (nSPS) is 35.0. The molecule has 1 saturated heterocycles. The molecule has 26 heavy (non-hydrogen) atoms. The van der Waals surface area contributed by atoms with Gasteiger partial charge in [0, 0.05) is 29.2 Å². The minimum absolute atomic E-state index is 0.00816. The third kappa shape index (κ3) is 2.88. The summed E-state index contributed by atoms with van der Waals surface area (Å²) in [5.74, 6) is -2.03. The van der Waals surface area contributed by atoms with Gasteiger partial charge in [0.1, 0.15) is 18.0 Å². The zero-order valence-electron chi connectivity index (χ0n) is 14.6. The molecule has 0 radical (unpaired) electrons. The van der Waals surface area contributed by atoms with E-state index in [2.05, 4.69) is 13.2 Å². The molecular formula is C19H20O7. The van der Waals surface area contributed by atoms with E-state index < -0.39 is 42.3 Å². The molecule has 138 valence electrons. The standard InChI is InChI=1S/C19H20O7/c1-9(2)17(22)25-14-7-19(4)15(21)6-12(26-19)11(8-20)5-13-16(14)10(3)18(23)24-13/h5-6,13-14,16,20H,1,3,7-8H2,2,4H3/b11-5-/t13-,14?,16?,19+/m0/s1. The van der Waals surface area contributed by atoms with E-state index >= 15 is 0 Å². The summed E-state index contributed by atoms with van der Waals surface area (Å²) in [5, 5.41) is 9.67. The highest BCUT2D eigenvalue weighted by Crippen LogP contribution is 2.42. The molecule has 0 spiro atoms. The summed E-state index contributed by atoms with van der Waals surface area (Å²) >= 11 is 0. The highest BCUT2D eigenvalue weighted by Gasteiger charge is 2.52. The number of fused-ring (bicyclic) bond motifs is 3. The summed E-state index contributed by atoms with van der Waals surface area (Å²) in [4.78, 5) is 36.6. The van der Waals surface area contributed by atoms with Crippen LogP contribution in [-0.4, -0.2) is 47.2 Å². The number of aliphatic hydroxyl groups is 1. The second kappa shape index (κ2) is 6.25. The van der Waals surface area contributed by atoms with Crippen LogP contribution in [0.25, 0.3) is 0 Å². The molecule has 3 aliphatic heterocycles. The topological polar surface area (TPSA) is 99.1 Å². The van der Waals surface area contributed by atoms with Crippen LogP contribution in [0.15, 0.2) is 47.8 Å². The lowest BCUT2D eigenvalue weighted by Gasteiger charge is -2.31. The molecule has 0 aliphatic carbocycles. The number of ketones is 1. The molecule has 3 heterocycles. The zero-order chi connectivity index (χ0) is 19.2. The van der Waals surface area contributed by atoms with Crippen LogP contribution in [0.4, 0.5) is 0 Å². The Labute approximate surface area is 150 Å². The lowest BCUT2D eigenvalue weighted by atomic mass is 9.82. The van der Waals surface area contributed by atoms with Crippen molar-refractivity contribution in [2.45, 2.75) is 38.1 Å². The van der Waals surface area contributed by atoms with E-state index in [-0.39, 0.29) is 29.1 Å². The van der Waals surface area contributed by atoms with Gasteiger partial charge in [0.25, 0.3) is 0 Å². The van der Waals surface area contributed by atoms with Gasteiger partial charge in [-0.1, -0.05) is 13.2 Å². The van der Waals surface area contributed by atoms with Gasteiger partial charge in [-0.2, -0.15) is 0 Å². The molecular weight excluding hydrogens is 340 g/mol. The quantitative estimate of drug-likeness (QED) is 0.595. The molecule has 0 aromatic heterocycles. The van der Waals surface area contributed by atoms with Gasteiger partial charge in [0.05, 0.1) is 12.5 Å². The molecule has 1 N–H and O–H groups in total. The zero-order valence-corrected chi connectivity index (χ0v) is 14.6. The summed E-state index contributed by atoms with van der Waals surface area (Å²) in [6.45, 7) is 9.99. The van der Waals surface area contributed by atoms with Gasteiger partial charge in [-0.05, 0) is 19.9 Å². The first kappa shape index (κ1) is 18.1. The first-order valence-electron chi connectivity index (χ1n) is 8.19. The van der Waals surface area contributed by atoms with Crippen LogP contribution in [0, 0.1) is 5.92 Å². The number of carbonyl (C=O) groups excluding carboxylic acids is 3. The maximum Gasteiger partial charge on any atom is 0.334 e. The minimum atomic E-state index is -1.29. The minimum Gasteiger partial charge on any atom is -0.479 e. The largest absolute Gasteiger partial charge is 0.479 e. The number of aliphatic hydroxyl groups excluding tert-OH is 1. The van der Waals surface area contributed by atoms with E-state index in [9.17, 15) is 19.5 Å². The number of rotatable bonds is 3. The summed E-state index contributed by atoms with van der Waals surface area (Å²) < 4.78 is 16.6. The maximum atomic E-state index is 12.5. The summed E-state index contributed by atoms with van der Waals surface area (Å²) in [6.07, 6.45) is 1.14. The van der Waals surface area contributed by atoms with Gasteiger partial charge in [0.15, 0.2) is 5.60 Å². The molecule has 0 aromatic carbocycles. The Balaban J connectivity index is 2.09. The number of ether oxygens (including phenoxy) is 3. The van der Waals surface area contributed by atoms with Gasteiger partial charge in [-0.25, -0.2) is 9.59 Å². The molecule has 2 unspecified atom stereocenters. The highest BCUT2D eigenvalue weighted by molar-refractivity contribution is 6.00. The number of carbonyl (C=O) groups is 3. The monoisotopic (exact) mass is 360 g/mol. The lowest BCUT2D eigenvalue weighted by Crippen LogP contribution is -2.42. The van der Waals surface area contributed by atoms with E-state index in [0.29, 0.717) is 5.57 Å². The van der Waals surface area contributed by atoms with E-state index in [1.807, 2.05) is 0 Å². The lowest BCUT2D eigenvalue weighted by molar-refractivity contribution is -0.153. The Kier molecular flexibility index (Phi) is 4.36. The Morgan fingerprint density at radius 2 is 2.15 bits per heavy atom. The van der Waals surface area contributed by atoms with E-state index in [4.69, 9.17) is 14.2 Å². The highest BCUT2D eigenvalue weighted by atomic mass is 16.6. The molecule has 0 saturated carbocycles. The third-order valence-electron chi connectivity index (χ3n) is 4.83. The van der Waals surface area contributed by atoms with Crippen LogP contribution in [0.2, 0.25) is 0 Å². The maximum absolute atomic E-state index is 12.5. The van der Waals surface area contributed by atoms with Crippen LogP contribution in [0.3, 0.4) is 0 Å². The van der Waals surface area contributed by atoms with Crippen LogP contribution in [-0.2, 0) is 28.6 Å². The molecule has 7 heteroatoms. The smallest absolute Gasteiger partial charge is 0.334 e. The van der Waals surface area contributed by atoms with Crippen molar-refractivity contribution >= 4 is 17.7 Å². The average Bonchev–Trinajstić information content (AvgIpc) is 3.01. The van der Waals surface area contributed by atoms with Crippen molar-refractivity contribution in [3.63, 3.8) is 0 Å². The first-order valence-corrected chi connectivity index (χ1v) is 8.19. The van der Waals surface area contributed by atoms with Crippen molar-refractivity contribution in [2.75, 3.05) is 6.61 Å².